The number of carbonyl (C=O) groups excluding carboxylic acids is 1. The van der Waals surface area contributed by atoms with Gasteiger partial charge in [-0.25, -0.2) is 4.98 Å². The number of anilines is 2. The average molecular weight is 374 g/mol. The molecule has 2 aromatic rings. The molecule has 1 aliphatic carbocycles. The quantitative estimate of drug-likeness (QED) is 0.805. The highest BCUT2D eigenvalue weighted by Gasteiger charge is 2.18. The molecule has 0 spiro atoms. The van der Waals surface area contributed by atoms with E-state index in [1.54, 1.807) is 6.20 Å². The molecular weight excluding hydrogens is 354 g/mol. The Bertz CT molecular complexity index is 669. The van der Waals surface area contributed by atoms with Gasteiger partial charge in [-0.2, -0.15) is 0 Å². The van der Waals surface area contributed by atoms with Gasteiger partial charge >= 0.3 is 0 Å². The zero-order valence-electron chi connectivity index (χ0n) is 12.9. The fraction of sp³-hybridized carbons (Fsp3) is 0.333. The molecule has 0 saturated heterocycles. The second-order valence-electron chi connectivity index (χ2n) is 5.85. The van der Waals surface area contributed by atoms with Crippen LogP contribution in [0.1, 0.15) is 42.5 Å². The second-order valence-corrected chi connectivity index (χ2v) is 6.76. The number of nitrogens with zero attached hydrogens (tertiary/aromatic N) is 1. The van der Waals surface area contributed by atoms with Crippen molar-refractivity contribution >= 4 is 33.3 Å². The summed E-state index contributed by atoms with van der Waals surface area (Å²) in [7, 11) is 0. The van der Waals surface area contributed by atoms with Gasteiger partial charge in [0.1, 0.15) is 5.82 Å². The third kappa shape index (κ3) is 4.32. The van der Waals surface area contributed by atoms with Crippen LogP contribution in [0.15, 0.2) is 47.1 Å². The van der Waals surface area contributed by atoms with Gasteiger partial charge in [0.25, 0.3) is 5.91 Å². The lowest BCUT2D eigenvalue weighted by Crippen LogP contribution is -2.25. The molecule has 3 rings (SSSR count). The van der Waals surface area contributed by atoms with E-state index in [1.165, 1.54) is 19.3 Å². The van der Waals surface area contributed by atoms with Crippen LogP contribution in [0.2, 0.25) is 0 Å². The molecule has 4 nitrogen and oxygen atoms in total. The molecular formula is C18H20BrN3O. The first kappa shape index (κ1) is 16.0. The Balaban J connectivity index is 1.79. The molecule has 5 heteroatoms. The van der Waals surface area contributed by atoms with Crippen molar-refractivity contribution in [3.63, 3.8) is 0 Å². The van der Waals surface area contributed by atoms with Crippen molar-refractivity contribution in [2.45, 2.75) is 38.1 Å². The van der Waals surface area contributed by atoms with Crippen molar-refractivity contribution in [1.82, 2.24) is 4.98 Å². The minimum absolute atomic E-state index is 0.150. The first-order chi connectivity index (χ1) is 11.2. The first-order valence-electron chi connectivity index (χ1n) is 8.01. The highest BCUT2D eigenvalue weighted by Crippen LogP contribution is 2.25. The van der Waals surface area contributed by atoms with Gasteiger partial charge in [-0.3, -0.25) is 4.79 Å². The molecule has 0 radical (unpaired) electrons. The number of hydrogen-bond donors (Lipinski definition) is 2. The van der Waals surface area contributed by atoms with Gasteiger partial charge in [0, 0.05) is 22.4 Å². The highest BCUT2D eigenvalue weighted by atomic mass is 79.9. The van der Waals surface area contributed by atoms with Crippen LogP contribution < -0.4 is 10.6 Å². The van der Waals surface area contributed by atoms with E-state index >= 15 is 0 Å². The van der Waals surface area contributed by atoms with E-state index in [4.69, 9.17) is 0 Å². The lowest BCUT2D eigenvalue weighted by molar-refractivity contribution is 0.102. The third-order valence-electron chi connectivity index (χ3n) is 4.08. The average Bonchev–Trinajstić information content (AvgIpc) is 2.58. The van der Waals surface area contributed by atoms with Crippen LogP contribution in [-0.4, -0.2) is 16.9 Å². The Morgan fingerprint density at radius 3 is 2.61 bits per heavy atom. The molecule has 1 saturated carbocycles. The molecule has 0 atom stereocenters. The zero-order valence-corrected chi connectivity index (χ0v) is 14.5. The van der Waals surface area contributed by atoms with Crippen molar-refractivity contribution in [3.8, 4) is 0 Å². The van der Waals surface area contributed by atoms with Crippen LogP contribution in [0, 0.1) is 0 Å². The first-order valence-corrected chi connectivity index (χ1v) is 8.80. The van der Waals surface area contributed by atoms with E-state index in [0.29, 0.717) is 17.4 Å². The minimum Gasteiger partial charge on any atom is -0.367 e. The molecule has 2 N–H and O–H groups in total. The predicted molar refractivity (Wildman–Crippen MR) is 96.8 cm³/mol. The van der Waals surface area contributed by atoms with Gasteiger partial charge in [-0.05, 0) is 47.0 Å². The molecule has 1 amide bonds. The summed E-state index contributed by atoms with van der Waals surface area (Å²) in [5.41, 5.74) is 1.34. The summed E-state index contributed by atoms with van der Waals surface area (Å²) >= 11 is 3.40. The van der Waals surface area contributed by atoms with E-state index in [9.17, 15) is 4.79 Å². The van der Waals surface area contributed by atoms with E-state index in [-0.39, 0.29) is 5.91 Å². The van der Waals surface area contributed by atoms with E-state index in [0.717, 1.165) is 23.0 Å². The predicted octanol–water partition coefficient (Wildman–Crippen LogP) is 4.84. The number of aromatic nitrogens is 1. The number of hydrogen-bond acceptors (Lipinski definition) is 3. The Morgan fingerprint density at radius 2 is 1.87 bits per heavy atom. The Hall–Kier alpha value is -1.88. The normalized spacial score (nSPS) is 15.2. The molecule has 0 unspecified atom stereocenters. The fourth-order valence-corrected chi connectivity index (χ4v) is 3.22. The number of amides is 1. The van der Waals surface area contributed by atoms with Gasteiger partial charge in [-0.1, -0.05) is 37.5 Å². The van der Waals surface area contributed by atoms with Crippen molar-refractivity contribution in [1.29, 1.82) is 0 Å². The van der Waals surface area contributed by atoms with Crippen LogP contribution in [-0.2, 0) is 0 Å². The lowest BCUT2D eigenvalue weighted by Gasteiger charge is -2.24. The molecule has 1 heterocycles. The van der Waals surface area contributed by atoms with Crippen LogP contribution in [0.3, 0.4) is 0 Å². The number of rotatable bonds is 4. The summed E-state index contributed by atoms with van der Waals surface area (Å²) in [6.45, 7) is 0. The maximum Gasteiger partial charge on any atom is 0.259 e. The maximum absolute atomic E-state index is 12.6. The fourth-order valence-electron chi connectivity index (χ4n) is 2.89. The molecule has 1 fully saturated rings. The largest absolute Gasteiger partial charge is 0.367 e. The van der Waals surface area contributed by atoms with Crippen molar-refractivity contribution in [2.24, 2.45) is 0 Å². The van der Waals surface area contributed by atoms with Gasteiger partial charge in [0.15, 0.2) is 0 Å². The van der Waals surface area contributed by atoms with Gasteiger partial charge < -0.3 is 10.6 Å². The minimum atomic E-state index is -0.150. The number of pyridine rings is 1. The van der Waals surface area contributed by atoms with E-state index in [1.807, 2.05) is 36.4 Å². The van der Waals surface area contributed by atoms with E-state index in [2.05, 4.69) is 31.5 Å². The molecule has 1 aromatic heterocycles. The number of carbonyl (C=O) groups is 1. The van der Waals surface area contributed by atoms with Gasteiger partial charge in [0.05, 0.1) is 5.56 Å². The molecule has 1 aliphatic rings. The smallest absolute Gasteiger partial charge is 0.259 e. The highest BCUT2D eigenvalue weighted by molar-refractivity contribution is 9.10. The monoisotopic (exact) mass is 373 g/mol. The summed E-state index contributed by atoms with van der Waals surface area (Å²) in [6, 6.07) is 11.7. The lowest BCUT2D eigenvalue weighted by atomic mass is 9.95. The molecule has 0 aliphatic heterocycles. The molecule has 0 bridgehead atoms. The number of halogens is 1. The summed E-state index contributed by atoms with van der Waals surface area (Å²) in [4.78, 5) is 17.0. The SMILES string of the molecule is O=C(Nc1ccccc1)c1cc(Br)cnc1NC1CCCCC1. The number of para-hydroxylation sites is 1. The Kier molecular flexibility index (Phi) is 5.28. The van der Waals surface area contributed by atoms with Crippen molar-refractivity contribution in [3.05, 3.63) is 52.6 Å². The van der Waals surface area contributed by atoms with E-state index < -0.39 is 0 Å². The third-order valence-corrected chi connectivity index (χ3v) is 4.51. The van der Waals surface area contributed by atoms with Crippen LogP contribution >= 0.6 is 15.9 Å². The van der Waals surface area contributed by atoms with Crippen LogP contribution in [0.25, 0.3) is 0 Å². The molecule has 120 valence electrons. The second kappa shape index (κ2) is 7.59. The molecule has 1 aromatic carbocycles. The number of nitrogens with one attached hydrogen (secondary N) is 2. The summed E-state index contributed by atoms with van der Waals surface area (Å²) in [5.74, 6) is 0.511. The van der Waals surface area contributed by atoms with Crippen molar-refractivity contribution in [2.75, 3.05) is 10.6 Å². The summed E-state index contributed by atoms with van der Waals surface area (Å²) in [6.07, 6.45) is 7.77. The Morgan fingerprint density at radius 1 is 1.13 bits per heavy atom. The molecule has 23 heavy (non-hydrogen) atoms. The van der Waals surface area contributed by atoms with Crippen LogP contribution in [0.4, 0.5) is 11.5 Å². The standard InChI is InChI=1S/C18H20BrN3O/c19-13-11-16(18(23)22-15-9-5-2-6-10-15)17(20-12-13)21-14-7-3-1-4-8-14/h2,5-6,9-12,14H,1,3-4,7-8H2,(H,20,21)(H,22,23). The summed E-state index contributed by atoms with van der Waals surface area (Å²) in [5, 5.41) is 6.37. The van der Waals surface area contributed by atoms with Crippen LogP contribution in [0.5, 0.6) is 0 Å². The Labute approximate surface area is 144 Å². The summed E-state index contributed by atoms with van der Waals surface area (Å²) < 4.78 is 0.796. The van der Waals surface area contributed by atoms with Gasteiger partial charge in [-0.15, -0.1) is 0 Å². The number of benzene rings is 1. The van der Waals surface area contributed by atoms with Crippen molar-refractivity contribution < 1.29 is 4.79 Å². The zero-order chi connectivity index (χ0) is 16.1. The topological polar surface area (TPSA) is 54.0 Å². The maximum atomic E-state index is 12.6. The van der Waals surface area contributed by atoms with Gasteiger partial charge in [0.2, 0.25) is 0 Å².